The highest BCUT2D eigenvalue weighted by Crippen LogP contribution is 2.28. The lowest BCUT2D eigenvalue weighted by atomic mass is 10.2. The Balaban J connectivity index is 1.61. The topological polar surface area (TPSA) is 64.6 Å². The molecule has 1 atom stereocenters. The van der Waals surface area contributed by atoms with Crippen molar-refractivity contribution in [2.24, 2.45) is 0 Å². The number of thiophene rings is 1. The molecule has 0 aliphatic rings. The highest BCUT2D eigenvalue weighted by Gasteiger charge is 2.21. The number of halogens is 1. The summed E-state index contributed by atoms with van der Waals surface area (Å²) in [5, 5.41) is 3.08. The van der Waals surface area contributed by atoms with Gasteiger partial charge >= 0.3 is 5.97 Å². The van der Waals surface area contributed by atoms with Crippen molar-refractivity contribution < 1.29 is 23.5 Å². The Morgan fingerprint density at radius 3 is 2.70 bits per heavy atom. The number of hydrogen-bond acceptors (Lipinski definition) is 5. The number of fused-ring (bicyclic) bond motifs is 1. The van der Waals surface area contributed by atoms with Crippen LogP contribution in [0.1, 0.15) is 22.2 Å². The highest BCUT2D eigenvalue weighted by atomic mass is 32.1. The van der Waals surface area contributed by atoms with E-state index in [2.05, 4.69) is 5.32 Å². The third-order valence-electron chi connectivity index (χ3n) is 4.01. The van der Waals surface area contributed by atoms with Crippen LogP contribution in [0.3, 0.4) is 0 Å². The van der Waals surface area contributed by atoms with Crippen molar-refractivity contribution in [2.75, 3.05) is 7.11 Å². The van der Waals surface area contributed by atoms with Gasteiger partial charge in [-0.3, -0.25) is 4.79 Å². The predicted octanol–water partition coefficient (Wildman–Crippen LogP) is 3.91. The number of benzene rings is 2. The SMILES string of the molecule is COc1ccccc1CNC(=O)[C@@H](C)OC(=O)c1cc2c(F)cccc2s1. The molecule has 0 saturated heterocycles. The average Bonchev–Trinajstić information content (AvgIpc) is 3.12. The van der Waals surface area contributed by atoms with Gasteiger partial charge < -0.3 is 14.8 Å². The van der Waals surface area contributed by atoms with E-state index < -0.39 is 23.8 Å². The van der Waals surface area contributed by atoms with Crippen LogP contribution >= 0.6 is 11.3 Å². The summed E-state index contributed by atoms with van der Waals surface area (Å²) in [6.07, 6.45) is -0.984. The summed E-state index contributed by atoms with van der Waals surface area (Å²) < 4.78 is 24.9. The van der Waals surface area contributed by atoms with Gasteiger partial charge in [0.05, 0.1) is 7.11 Å². The molecular formula is C20H18FNO4S. The zero-order valence-electron chi connectivity index (χ0n) is 14.8. The lowest BCUT2D eigenvalue weighted by Gasteiger charge is -2.14. The van der Waals surface area contributed by atoms with Crippen molar-refractivity contribution in [1.29, 1.82) is 0 Å². The number of ether oxygens (including phenoxy) is 2. The van der Waals surface area contributed by atoms with Crippen molar-refractivity contribution in [1.82, 2.24) is 5.32 Å². The van der Waals surface area contributed by atoms with E-state index in [0.29, 0.717) is 15.8 Å². The molecule has 1 amide bonds. The van der Waals surface area contributed by atoms with Crippen molar-refractivity contribution in [3.63, 3.8) is 0 Å². The molecule has 1 aromatic heterocycles. The van der Waals surface area contributed by atoms with Crippen LogP contribution in [0.5, 0.6) is 5.75 Å². The molecule has 1 heterocycles. The van der Waals surface area contributed by atoms with Crippen molar-refractivity contribution in [3.8, 4) is 5.75 Å². The lowest BCUT2D eigenvalue weighted by Crippen LogP contribution is -2.35. The Hall–Kier alpha value is -2.93. The van der Waals surface area contributed by atoms with Gasteiger partial charge in [-0.15, -0.1) is 11.3 Å². The smallest absolute Gasteiger partial charge is 0.349 e. The molecule has 3 aromatic rings. The van der Waals surface area contributed by atoms with Gasteiger partial charge in [-0.25, -0.2) is 9.18 Å². The van der Waals surface area contributed by atoms with Crippen LogP contribution in [0.25, 0.3) is 10.1 Å². The number of para-hydroxylation sites is 1. The van der Waals surface area contributed by atoms with Crippen molar-refractivity contribution in [3.05, 3.63) is 64.8 Å². The Morgan fingerprint density at radius 1 is 1.19 bits per heavy atom. The van der Waals surface area contributed by atoms with Crippen LogP contribution in [-0.4, -0.2) is 25.1 Å². The van der Waals surface area contributed by atoms with Gasteiger partial charge in [-0.1, -0.05) is 24.3 Å². The number of nitrogens with one attached hydrogen (secondary N) is 1. The summed E-state index contributed by atoms with van der Waals surface area (Å²) in [6, 6.07) is 13.4. The second-order valence-electron chi connectivity index (χ2n) is 5.84. The normalized spacial score (nSPS) is 11.8. The second-order valence-corrected chi connectivity index (χ2v) is 6.92. The predicted molar refractivity (Wildman–Crippen MR) is 102 cm³/mol. The van der Waals surface area contributed by atoms with Crippen molar-refractivity contribution in [2.45, 2.75) is 19.6 Å². The Morgan fingerprint density at radius 2 is 1.96 bits per heavy atom. The molecule has 140 valence electrons. The molecule has 2 aromatic carbocycles. The first-order valence-electron chi connectivity index (χ1n) is 8.28. The van der Waals surface area contributed by atoms with E-state index in [1.807, 2.05) is 18.2 Å². The molecule has 0 aliphatic carbocycles. The first kappa shape index (κ1) is 18.8. The third kappa shape index (κ3) is 4.25. The van der Waals surface area contributed by atoms with Gasteiger partial charge in [0.1, 0.15) is 16.4 Å². The molecule has 0 spiro atoms. The number of methoxy groups -OCH3 is 1. The number of amides is 1. The molecule has 1 N–H and O–H groups in total. The van der Waals surface area contributed by atoms with Crippen molar-refractivity contribution >= 4 is 33.3 Å². The molecule has 0 unspecified atom stereocenters. The minimum atomic E-state index is -0.984. The number of rotatable bonds is 6. The maximum Gasteiger partial charge on any atom is 0.349 e. The van der Waals surface area contributed by atoms with E-state index in [0.717, 1.165) is 16.9 Å². The van der Waals surface area contributed by atoms with E-state index >= 15 is 0 Å². The fraction of sp³-hybridized carbons (Fsp3) is 0.200. The first-order valence-corrected chi connectivity index (χ1v) is 9.10. The van der Waals surface area contributed by atoms with Crippen LogP contribution in [0, 0.1) is 5.82 Å². The van der Waals surface area contributed by atoms with Gasteiger partial charge in [0.15, 0.2) is 6.10 Å². The highest BCUT2D eigenvalue weighted by molar-refractivity contribution is 7.20. The number of esters is 1. The zero-order valence-corrected chi connectivity index (χ0v) is 15.6. The Kier molecular flexibility index (Phi) is 5.71. The largest absolute Gasteiger partial charge is 0.496 e. The van der Waals surface area contributed by atoms with E-state index in [4.69, 9.17) is 9.47 Å². The lowest BCUT2D eigenvalue weighted by molar-refractivity contribution is -0.129. The van der Waals surface area contributed by atoms with Gasteiger partial charge in [0, 0.05) is 22.2 Å². The summed E-state index contributed by atoms with van der Waals surface area (Å²) in [5.41, 5.74) is 0.812. The molecule has 27 heavy (non-hydrogen) atoms. The molecule has 0 bridgehead atoms. The number of carbonyl (C=O) groups excluding carboxylic acids is 2. The van der Waals surface area contributed by atoms with E-state index in [-0.39, 0.29) is 11.4 Å². The van der Waals surface area contributed by atoms with Crippen LogP contribution in [0.15, 0.2) is 48.5 Å². The summed E-state index contributed by atoms with van der Waals surface area (Å²) in [4.78, 5) is 24.8. The molecule has 0 radical (unpaired) electrons. The fourth-order valence-corrected chi connectivity index (χ4v) is 3.53. The Labute approximate surface area is 159 Å². The van der Waals surface area contributed by atoms with Gasteiger partial charge in [0.2, 0.25) is 0 Å². The van der Waals surface area contributed by atoms with Crippen LogP contribution in [-0.2, 0) is 16.1 Å². The third-order valence-corrected chi connectivity index (χ3v) is 5.09. The first-order chi connectivity index (χ1) is 13.0. The monoisotopic (exact) mass is 387 g/mol. The van der Waals surface area contributed by atoms with Gasteiger partial charge in [0.25, 0.3) is 5.91 Å². The van der Waals surface area contributed by atoms with Crippen LogP contribution < -0.4 is 10.1 Å². The van der Waals surface area contributed by atoms with E-state index in [9.17, 15) is 14.0 Å². The maximum absolute atomic E-state index is 13.8. The molecule has 3 rings (SSSR count). The standard InChI is InChI=1S/C20H18FNO4S/c1-12(19(23)22-11-13-6-3-4-8-16(13)25-2)26-20(24)18-10-14-15(21)7-5-9-17(14)27-18/h3-10,12H,11H2,1-2H3,(H,22,23)/t12-/m1/s1. The average molecular weight is 387 g/mol. The number of hydrogen-bond donors (Lipinski definition) is 1. The van der Waals surface area contributed by atoms with E-state index in [1.165, 1.54) is 19.1 Å². The fourth-order valence-electron chi connectivity index (χ4n) is 2.57. The Bertz CT molecular complexity index is 985. The zero-order chi connectivity index (χ0) is 19.4. The molecular weight excluding hydrogens is 369 g/mol. The van der Waals surface area contributed by atoms with Gasteiger partial charge in [-0.2, -0.15) is 0 Å². The summed E-state index contributed by atoms with van der Waals surface area (Å²) in [6.45, 7) is 1.74. The minimum absolute atomic E-state index is 0.249. The van der Waals surface area contributed by atoms with Crippen LogP contribution in [0.4, 0.5) is 4.39 Å². The minimum Gasteiger partial charge on any atom is -0.496 e. The number of carbonyl (C=O) groups is 2. The van der Waals surface area contributed by atoms with Crippen LogP contribution in [0.2, 0.25) is 0 Å². The second kappa shape index (κ2) is 8.18. The van der Waals surface area contributed by atoms with Gasteiger partial charge in [-0.05, 0) is 31.2 Å². The molecule has 0 saturated carbocycles. The van der Waals surface area contributed by atoms with E-state index in [1.54, 1.807) is 25.3 Å². The maximum atomic E-state index is 13.8. The summed E-state index contributed by atoms with van der Waals surface area (Å²) in [5.74, 6) is -0.822. The molecule has 5 nitrogen and oxygen atoms in total. The molecule has 0 aliphatic heterocycles. The molecule has 7 heteroatoms. The summed E-state index contributed by atoms with van der Waals surface area (Å²) >= 11 is 1.13. The summed E-state index contributed by atoms with van der Waals surface area (Å²) in [7, 11) is 1.55. The molecule has 0 fully saturated rings. The quantitative estimate of drug-likeness (QED) is 0.652.